The van der Waals surface area contributed by atoms with Gasteiger partial charge in [-0.2, -0.15) is 0 Å². The van der Waals surface area contributed by atoms with Gasteiger partial charge in [-0.3, -0.25) is 0 Å². The Morgan fingerprint density at radius 2 is 1.91 bits per heavy atom. The first kappa shape index (κ1) is 13.6. The first-order valence-electron chi connectivity index (χ1n) is 3.04. The van der Waals surface area contributed by atoms with E-state index in [1.165, 1.54) is 0 Å². The van der Waals surface area contributed by atoms with Crippen molar-refractivity contribution in [2.45, 2.75) is 0 Å². The van der Waals surface area contributed by atoms with Crippen LogP contribution in [0.5, 0.6) is 0 Å². The zero-order chi connectivity index (χ0) is 8.20. The molecule has 3 nitrogen and oxygen atoms in total. The highest BCUT2D eigenvalue weighted by Crippen LogP contribution is 1.91. The Bertz CT molecular complexity index is 122. The van der Waals surface area contributed by atoms with Crippen molar-refractivity contribution in [2.24, 2.45) is 0 Å². The SMILES string of the molecule is C[N+](C)(C)CCOC(=O)Cl.Cl. The summed E-state index contributed by atoms with van der Waals surface area (Å²) in [7, 11) is 6.05. The lowest BCUT2D eigenvalue weighted by Crippen LogP contribution is -2.37. The monoisotopic (exact) mass is 202 g/mol. The molecule has 0 saturated carbocycles. The van der Waals surface area contributed by atoms with E-state index in [9.17, 15) is 4.79 Å². The van der Waals surface area contributed by atoms with Crippen LogP contribution < -0.4 is 0 Å². The van der Waals surface area contributed by atoms with Crippen molar-refractivity contribution in [3.05, 3.63) is 0 Å². The molecule has 0 saturated heterocycles. The maximum atomic E-state index is 10.1. The summed E-state index contributed by atoms with van der Waals surface area (Å²) in [5, 5.41) is 0. The zero-order valence-corrected chi connectivity index (χ0v) is 8.54. The fourth-order valence-corrected chi connectivity index (χ4v) is 0.477. The molecule has 0 fully saturated rings. The van der Waals surface area contributed by atoms with E-state index in [0.717, 1.165) is 11.0 Å². The molecule has 11 heavy (non-hydrogen) atoms. The van der Waals surface area contributed by atoms with Crippen LogP contribution in [0.4, 0.5) is 4.79 Å². The Labute approximate surface area is 78.3 Å². The molecule has 0 rings (SSSR count). The molecular formula is C6H14Cl2NO2+. The Kier molecular flexibility index (Phi) is 6.96. The van der Waals surface area contributed by atoms with Gasteiger partial charge in [-0.1, -0.05) is 0 Å². The van der Waals surface area contributed by atoms with Gasteiger partial charge < -0.3 is 9.22 Å². The fourth-order valence-electron chi connectivity index (χ4n) is 0.400. The maximum Gasteiger partial charge on any atom is 0.403 e. The summed E-state index contributed by atoms with van der Waals surface area (Å²) in [6.07, 6.45) is 0. The highest BCUT2D eigenvalue weighted by Gasteiger charge is 2.06. The first-order valence-corrected chi connectivity index (χ1v) is 3.42. The van der Waals surface area contributed by atoms with Crippen molar-refractivity contribution in [3.8, 4) is 0 Å². The van der Waals surface area contributed by atoms with Crippen LogP contribution in [0.15, 0.2) is 0 Å². The van der Waals surface area contributed by atoms with Crippen LogP contribution in [0.25, 0.3) is 0 Å². The van der Waals surface area contributed by atoms with E-state index in [-0.39, 0.29) is 12.4 Å². The van der Waals surface area contributed by atoms with Gasteiger partial charge in [0.25, 0.3) is 0 Å². The molecule has 0 aromatic carbocycles. The van der Waals surface area contributed by atoms with E-state index in [2.05, 4.69) is 4.74 Å². The van der Waals surface area contributed by atoms with Gasteiger partial charge in [-0.15, -0.1) is 12.4 Å². The molecule has 0 amide bonds. The average molecular weight is 203 g/mol. The van der Waals surface area contributed by atoms with Crippen LogP contribution in [0.3, 0.4) is 0 Å². The number of carbonyl (C=O) groups is 1. The summed E-state index contributed by atoms with van der Waals surface area (Å²) in [6, 6.07) is 0. The second-order valence-corrected chi connectivity index (χ2v) is 3.41. The van der Waals surface area contributed by atoms with E-state index in [1.807, 2.05) is 21.1 Å². The number of ether oxygens (including phenoxy) is 1. The molecule has 0 aromatic heterocycles. The third-order valence-corrected chi connectivity index (χ3v) is 1.09. The Balaban J connectivity index is 0. The second kappa shape index (κ2) is 5.63. The van der Waals surface area contributed by atoms with E-state index in [1.54, 1.807) is 0 Å². The maximum absolute atomic E-state index is 10.1. The molecule has 0 spiro atoms. The number of nitrogens with zero attached hydrogens (tertiary/aromatic N) is 1. The van der Waals surface area contributed by atoms with Gasteiger partial charge in [-0.05, 0) is 0 Å². The van der Waals surface area contributed by atoms with E-state index in [0.29, 0.717) is 6.61 Å². The van der Waals surface area contributed by atoms with Crippen molar-refractivity contribution in [1.82, 2.24) is 0 Å². The number of carbonyl (C=O) groups excluding carboxylic acids is 1. The summed E-state index contributed by atoms with van der Waals surface area (Å²) >= 11 is 4.94. The second-order valence-electron chi connectivity index (χ2n) is 3.10. The third kappa shape index (κ3) is 13.1. The fraction of sp³-hybridized carbons (Fsp3) is 0.833. The molecule has 0 aromatic rings. The van der Waals surface area contributed by atoms with E-state index >= 15 is 0 Å². The van der Waals surface area contributed by atoms with Crippen LogP contribution in [-0.4, -0.2) is 44.2 Å². The van der Waals surface area contributed by atoms with Crippen LogP contribution in [-0.2, 0) is 4.74 Å². The Morgan fingerprint density at radius 1 is 1.45 bits per heavy atom. The molecule has 0 atom stereocenters. The minimum absolute atomic E-state index is 0. The minimum Gasteiger partial charge on any atom is -0.448 e. The largest absolute Gasteiger partial charge is 0.448 e. The van der Waals surface area contributed by atoms with E-state index < -0.39 is 5.43 Å². The number of likely N-dealkylation sites (N-methyl/N-ethyl adjacent to an activating group) is 1. The lowest BCUT2D eigenvalue weighted by molar-refractivity contribution is -0.870. The van der Waals surface area contributed by atoms with Gasteiger partial charge in [0.1, 0.15) is 13.2 Å². The van der Waals surface area contributed by atoms with Gasteiger partial charge in [0.15, 0.2) is 0 Å². The molecule has 68 valence electrons. The molecule has 0 aliphatic carbocycles. The summed E-state index contributed by atoms with van der Waals surface area (Å²) in [4.78, 5) is 10.1. The number of hydrogen-bond acceptors (Lipinski definition) is 2. The minimum atomic E-state index is -0.728. The van der Waals surface area contributed by atoms with Gasteiger partial charge in [-0.25, -0.2) is 4.79 Å². The van der Waals surface area contributed by atoms with Gasteiger partial charge >= 0.3 is 5.43 Å². The summed E-state index contributed by atoms with van der Waals surface area (Å²) in [5.74, 6) is 0. The van der Waals surface area contributed by atoms with Crippen molar-refractivity contribution in [3.63, 3.8) is 0 Å². The van der Waals surface area contributed by atoms with Crippen LogP contribution in [0.1, 0.15) is 0 Å². The highest BCUT2D eigenvalue weighted by molar-refractivity contribution is 6.61. The quantitative estimate of drug-likeness (QED) is 0.513. The topological polar surface area (TPSA) is 26.3 Å². The van der Waals surface area contributed by atoms with Crippen molar-refractivity contribution in [1.29, 1.82) is 0 Å². The molecule has 0 heterocycles. The molecule has 0 aliphatic rings. The zero-order valence-electron chi connectivity index (χ0n) is 6.96. The van der Waals surface area contributed by atoms with Crippen LogP contribution >= 0.6 is 24.0 Å². The average Bonchev–Trinajstić information content (AvgIpc) is 1.59. The van der Waals surface area contributed by atoms with Crippen molar-refractivity contribution in [2.75, 3.05) is 34.3 Å². The molecule has 0 N–H and O–H groups in total. The summed E-state index contributed by atoms with van der Waals surface area (Å²) < 4.78 is 5.30. The van der Waals surface area contributed by atoms with Gasteiger partial charge in [0.05, 0.1) is 21.1 Å². The predicted molar refractivity (Wildman–Crippen MR) is 47.3 cm³/mol. The van der Waals surface area contributed by atoms with Crippen LogP contribution in [0.2, 0.25) is 0 Å². The number of quaternary nitrogens is 1. The van der Waals surface area contributed by atoms with Gasteiger partial charge in [0.2, 0.25) is 0 Å². The van der Waals surface area contributed by atoms with Crippen molar-refractivity contribution >= 4 is 29.4 Å². The molecule has 0 bridgehead atoms. The summed E-state index contributed by atoms with van der Waals surface area (Å²) in [5.41, 5.74) is -0.728. The van der Waals surface area contributed by atoms with Crippen molar-refractivity contribution < 1.29 is 14.0 Å². The molecule has 0 unspecified atom stereocenters. The molecule has 5 heteroatoms. The number of rotatable bonds is 3. The normalized spacial score (nSPS) is 10.2. The Morgan fingerprint density at radius 3 is 2.18 bits per heavy atom. The smallest absolute Gasteiger partial charge is 0.403 e. The molecular weight excluding hydrogens is 189 g/mol. The Hall–Kier alpha value is 0.01000. The van der Waals surface area contributed by atoms with Gasteiger partial charge in [0, 0.05) is 11.6 Å². The first-order chi connectivity index (χ1) is 4.42. The number of hydrogen-bond donors (Lipinski definition) is 0. The molecule has 0 radical (unpaired) electrons. The predicted octanol–water partition coefficient (Wildman–Crippen LogP) is 1.49. The lowest BCUT2D eigenvalue weighted by Gasteiger charge is -2.22. The number of halogens is 2. The van der Waals surface area contributed by atoms with E-state index in [4.69, 9.17) is 11.6 Å². The lowest BCUT2D eigenvalue weighted by atomic mass is 10.5. The third-order valence-electron chi connectivity index (χ3n) is 0.978. The summed E-state index contributed by atoms with van der Waals surface area (Å²) in [6.45, 7) is 1.16. The standard InChI is InChI=1S/C6H13ClNO2.ClH/c1-8(2,3)4-5-10-6(7)9;/h4-5H2,1-3H3;1H/q+1;. The molecule has 0 aliphatic heterocycles. The highest BCUT2D eigenvalue weighted by atomic mass is 35.5. The van der Waals surface area contributed by atoms with Crippen LogP contribution in [0, 0.1) is 0 Å².